The Labute approximate surface area is 123 Å². The Morgan fingerprint density at radius 3 is 2.88 bits per heavy atom. The summed E-state index contributed by atoms with van der Waals surface area (Å²) in [5.41, 5.74) is 0.328. The zero-order chi connectivity index (χ0) is 11.9. The molecule has 2 unspecified atom stereocenters. The van der Waals surface area contributed by atoms with Crippen LogP contribution in [0.25, 0.3) is 0 Å². The minimum atomic E-state index is 0.328. The zero-order valence-corrected chi connectivity index (χ0v) is 13.6. The summed E-state index contributed by atoms with van der Waals surface area (Å²) >= 11 is 9.26. The summed E-state index contributed by atoms with van der Waals surface area (Å²) in [6.45, 7) is 0.940. The van der Waals surface area contributed by atoms with Crippen LogP contribution in [-0.4, -0.2) is 18.0 Å². The first-order chi connectivity index (χ1) is 8.25. The summed E-state index contributed by atoms with van der Waals surface area (Å²) in [5.74, 6) is 0.828. The number of rotatable bonds is 4. The highest BCUT2D eigenvalue weighted by molar-refractivity contribution is 9.10. The molecule has 1 saturated heterocycles. The molecule has 0 radical (unpaired) electrons. The highest BCUT2D eigenvalue weighted by atomic mass is 79.9. The predicted molar refractivity (Wildman–Crippen MR) is 79.0 cm³/mol. The fourth-order valence-corrected chi connectivity index (χ4v) is 5.34. The van der Waals surface area contributed by atoms with Crippen molar-refractivity contribution in [3.05, 3.63) is 20.8 Å². The molecule has 1 saturated carbocycles. The molecule has 4 heteroatoms. The van der Waals surface area contributed by atoms with Gasteiger partial charge in [-0.25, -0.2) is 0 Å². The normalized spacial score (nSPS) is 33.2. The fourth-order valence-electron chi connectivity index (χ4n) is 2.89. The van der Waals surface area contributed by atoms with Gasteiger partial charge < -0.3 is 4.74 Å². The molecule has 17 heavy (non-hydrogen) atoms. The molecule has 0 amide bonds. The van der Waals surface area contributed by atoms with Crippen molar-refractivity contribution < 1.29 is 4.74 Å². The van der Waals surface area contributed by atoms with Crippen molar-refractivity contribution in [1.82, 2.24) is 0 Å². The summed E-state index contributed by atoms with van der Waals surface area (Å²) in [6.07, 6.45) is 5.56. The second-order valence-electron chi connectivity index (χ2n) is 5.24. The third-order valence-corrected chi connectivity index (χ3v) is 7.06. The number of hydrogen-bond donors (Lipinski definition) is 0. The molecule has 94 valence electrons. The second kappa shape index (κ2) is 4.95. The van der Waals surface area contributed by atoms with Gasteiger partial charge in [-0.1, -0.05) is 15.9 Å². The predicted octanol–water partition coefficient (Wildman–Crippen LogP) is 4.63. The van der Waals surface area contributed by atoms with Crippen LogP contribution in [0.1, 0.15) is 24.1 Å². The van der Waals surface area contributed by atoms with E-state index in [1.807, 2.05) is 11.3 Å². The summed E-state index contributed by atoms with van der Waals surface area (Å²) in [6, 6.07) is 2.16. The molecule has 2 atom stereocenters. The molecule has 3 rings (SSSR count). The van der Waals surface area contributed by atoms with Crippen molar-refractivity contribution in [3.8, 4) is 0 Å². The van der Waals surface area contributed by atoms with E-state index in [9.17, 15) is 0 Å². The van der Waals surface area contributed by atoms with Gasteiger partial charge in [0.05, 0.1) is 6.10 Å². The lowest BCUT2D eigenvalue weighted by atomic mass is 9.77. The molecule has 2 heterocycles. The molecule has 1 aliphatic heterocycles. The number of hydrogen-bond acceptors (Lipinski definition) is 2. The fraction of sp³-hybridized carbons (Fsp3) is 0.692. The van der Waals surface area contributed by atoms with E-state index in [1.165, 1.54) is 28.6 Å². The van der Waals surface area contributed by atoms with Crippen LogP contribution in [0.2, 0.25) is 0 Å². The van der Waals surface area contributed by atoms with Gasteiger partial charge >= 0.3 is 0 Å². The maximum absolute atomic E-state index is 6.03. The van der Waals surface area contributed by atoms with Gasteiger partial charge in [-0.15, -0.1) is 11.3 Å². The molecule has 1 aromatic rings. The lowest BCUT2D eigenvalue weighted by molar-refractivity contribution is 0.0416. The SMILES string of the molecule is BrCC1(Cc2sccc2Br)CCOC1C1CC1. The van der Waals surface area contributed by atoms with Crippen LogP contribution in [0.3, 0.4) is 0 Å². The number of halogens is 2. The zero-order valence-electron chi connectivity index (χ0n) is 9.62. The molecule has 1 aromatic heterocycles. The maximum Gasteiger partial charge on any atom is 0.0671 e. The van der Waals surface area contributed by atoms with E-state index in [1.54, 1.807) is 0 Å². The van der Waals surface area contributed by atoms with Gasteiger partial charge in [0.1, 0.15) is 0 Å². The summed E-state index contributed by atoms with van der Waals surface area (Å²) in [7, 11) is 0. The molecule has 2 fully saturated rings. The largest absolute Gasteiger partial charge is 0.377 e. The van der Waals surface area contributed by atoms with Crippen molar-refractivity contribution in [2.45, 2.75) is 31.8 Å². The van der Waals surface area contributed by atoms with Gasteiger partial charge in [-0.3, -0.25) is 0 Å². The molecular weight excluding hydrogens is 364 g/mol. The minimum absolute atomic E-state index is 0.328. The van der Waals surface area contributed by atoms with E-state index in [0.717, 1.165) is 24.3 Å². The Kier molecular flexibility index (Phi) is 3.68. The topological polar surface area (TPSA) is 9.23 Å². The second-order valence-corrected chi connectivity index (χ2v) is 7.66. The van der Waals surface area contributed by atoms with E-state index in [4.69, 9.17) is 4.74 Å². The summed E-state index contributed by atoms with van der Waals surface area (Å²) in [4.78, 5) is 1.47. The Morgan fingerprint density at radius 2 is 2.29 bits per heavy atom. The van der Waals surface area contributed by atoms with Crippen LogP contribution >= 0.6 is 43.2 Å². The third-order valence-electron chi connectivity index (χ3n) is 4.02. The molecule has 0 bridgehead atoms. The van der Waals surface area contributed by atoms with E-state index in [-0.39, 0.29) is 0 Å². The van der Waals surface area contributed by atoms with Crippen molar-refractivity contribution in [2.75, 3.05) is 11.9 Å². The molecular formula is C13H16Br2OS. The quantitative estimate of drug-likeness (QED) is 0.692. The lowest BCUT2D eigenvalue weighted by Gasteiger charge is -2.32. The van der Waals surface area contributed by atoms with Gasteiger partial charge in [-0.05, 0) is 59.0 Å². The molecule has 1 aliphatic carbocycles. The minimum Gasteiger partial charge on any atom is -0.377 e. The molecule has 0 aromatic carbocycles. The first-order valence-electron chi connectivity index (χ1n) is 6.15. The average molecular weight is 380 g/mol. The van der Waals surface area contributed by atoms with E-state index < -0.39 is 0 Å². The number of thiophene rings is 1. The number of alkyl halides is 1. The van der Waals surface area contributed by atoms with Crippen molar-refractivity contribution in [2.24, 2.45) is 11.3 Å². The van der Waals surface area contributed by atoms with Crippen LogP contribution in [0.15, 0.2) is 15.9 Å². The first-order valence-corrected chi connectivity index (χ1v) is 8.94. The van der Waals surface area contributed by atoms with Gasteiger partial charge in [0.15, 0.2) is 0 Å². The smallest absolute Gasteiger partial charge is 0.0671 e. The number of ether oxygens (including phenoxy) is 1. The first kappa shape index (κ1) is 12.6. The van der Waals surface area contributed by atoms with Crippen molar-refractivity contribution >= 4 is 43.2 Å². The summed E-state index contributed by atoms with van der Waals surface area (Å²) in [5, 5.41) is 3.23. The maximum atomic E-state index is 6.03. The van der Waals surface area contributed by atoms with E-state index >= 15 is 0 Å². The molecule has 1 nitrogen and oxygen atoms in total. The third kappa shape index (κ3) is 2.38. The summed E-state index contributed by atoms with van der Waals surface area (Å²) < 4.78 is 7.30. The van der Waals surface area contributed by atoms with Gasteiger partial charge in [0.2, 0.25) is 0 Å². The van der Waals surface area contributed by atoms with Crippen molar-refractivity contribution in [1.29, 1.82) is 0 Å². The lowest BCUT2D eigenvalue weighted by Crippen LogP contribution is -2.36. The Hall–Kier alpha value is 0.620. The van der Waals surface area contributed by atoms with E-state index in [0.29, 0.717) is 11.5 Å². The van der Waals surface area contributed by atoms with Gasteiger partial charge in [0, 0.05) is 26.7 Å². The standard InChI is InChI=1S/C13H16Br2OS/c14-8-13(7-11-10(15)3-6-17-11)4-5-16-12(13)9-1-2-9/h3,6,9,12H,1-2,4-5,7-8H2. The Bertz CT molecular complexity index is 402. The van der Waals surface area contributed by atoms with Crippen LogP contribution < -0.4 is 0 Å². The highest BCUT2D eigenvalue weighted by Crippen LogP contribution is 2.51. The molecule has 0 spiro atoms. The molecule has 0 N–H and O–H groups in total. The van der Waals surface area contributed by atoms with Crippen LogP contribution in [0, 0.1) is 11.3 Å². The van der Waals surface area contributed by atoms with Crippen LogP contribution in [0.5, 0.6) is 0 Å². The Balaban J connectivity index is 1.83. The monoisotopic (exact) mass is 378 g/mol. The Morgan fingerprint density at radius 1 is 1.47 bits per heavy atom. The van der Waals surface area contributed by atoms with Crippen LogP contribution in [0.4, 0.5) is 0 Å². The van der Waals surface area contributed by atoms with Gasteiger partial charge in [0.25, 0.3) is 0 Å². The molecule has 2 aliphatic rings. The van der Waals surface area contributed by atoms with Gasteiger partial charge in [-0.2, -0.15) is 0 Å². The van der Waals surface area contributed by atoms with E-state index in [2.05, 4.69) is 43.3 Å². The average Bonchev–Trinajstić information content (AvgIpc) is 2.98. The van der Waals surface area contributed by atoms with Crippen molar-refractivity contribution in [3.63, 3.8) is 0 Å². The highest BCUT2D eigenvalue weighted by Gasteiger charge is 2.50. The van der Waals surface area contributed by atoms with Crippen LogP contribution in [-0.2, 0) is 11.2 Å².